The van der Waals surface area contributed by atoms with Gasteiger partial charge in [0.15, 0.2) is 15.0 Å². The molecule has 0 radical (unpaired) electrons. The van der Waals surface area contributed by atoms with E-state index < -0.39 is 9.84 Å². The van der Waals surface area contributed by atoms with E-state index in [1.807, 2.05) is 24.6 Å². The molecule has 0 spiro atoms. The maximum absolute atomic E-state index is 12.2. The number of rotatable bonds is 7. The van der Waals surface area contributed by atoms with E-state index in [2.05, 4.69) is 20.6 Å². The van der Waals surface area contributed by atoms with Crippen molar-refractivity contribution in [2.75, 3.05) is 18.1 Å². The van der Waals surface area contributed by atoms with Crippen LogP contribution >= 0.6 is 22.9 Å². The first kappa shape index (κ1) is 22.3. The fourth-order valence-electron chi connectivity index (χ4n) is 2.81. The summed E-state index contributed by atoms with van der Waals surface area (Å²) in [6.07, 6.45) is 5.47. The van der Waals surface area contributed by atoms with Gasteiger partial charge in [0.2, 0.25) is 0 Å². The van der Waals surface area contributed by atoms with Crippen molar-refractivity contribution in [1.29, 1.82) is 0 Å². The predicted octanol–water partition coefficient (Wildman–Crippen LogP) is 3.76. The van der Waals surface area contributed by atoms with Crippen molar-refractivity contribution in [2.45, 2.75) is 31.7 Å². The summed E-state index contributed by atoms with van der Waals surface area (Å²) in [4.78, 5) is 21.7. The lowest BCUT2D eigenvalue weighted by Gasteiger charge is -2.05. The first-order valence-electron chi connectivity index (χ1n) is 9.20. The van der Waals surface area contributed by atoms with Crippen LogP contribution in [0, 0.1) is 6.92 Å². The van der Waals surface area contributed by atoms with Crippen molar-refractivity contribution in [3.8, 4) is 10.4 Å². The lowest BCUT2D eigenvalue weighted by molar-refractivity contribution is 0.252. The predicted molar refractivity (Wildman–Crippen MR) is 119 cm³/mol. The molecule has 160 valence electrons. The Labute approximate surface area is 184 Å². The van der Waals surface area contributed by atoms with E-state index in [9.17, 15) is 13.2 Å². The summed E-state index contributed by atoms with van der Waals surface area (Å²) in [6, 6.07) is 4.40. The van der Waals surface area contributed by atoms with Gasteiger partial charge < -0.3 is 9.88 Å². The minimum absolute atomic E-state index is 0.0802. The lowest BCUT2D eigenvalue weighted by Crippen LogP contribution is -2.30. The van der Waals surface area contributed by atoms with Crippen LogP contribution in [-0.2, 0) is 22.8 Å². The third kappa shape index (κ3) is 5.38. The summed E-state index contributed by atoms with van der Waals surface area (Å²) in [6.45, 7) is 5.16. The molecule has 2 amide bonds. The van der Waals surface area contributed by atoms with Gasteiger partial charge >= 0.3 is 6.03 Å². The number of carbonyl (C=O) groups is 1. The van der Waals surface area contributed by atoms with Gasteiger partial charge in [-0.25, -0.2) is 23.2 Å². The number of hydrogen-bond acceptors (Lipinski definition) is 6. The minimum Gasteiger partial charge on any atom is -0.337 e. The molecule has 0 unspecified atom stereocenters. The Balaban J connectivity index is 1.63. The van der Waals surface area contributed by atoms with Crippen LogP contribution in [0.15, 0.2) is 35.6 Å². The molecule has 1 aromatic carbocycles. The Bertz CT molecular complexity index is 1170. The van der Waals surface area contributed by atoms with E-state index in [0.717, 1.165) is 28.9 Å². The fourth-order valence-corrected chi connectivity index (χ4v) is 5.10. The molecular weight excluding hydrogens is 446 g/mol. The first-order chi connectivity index (χ1) is 14.2. The Morgan fingerprint density at radius 3 is 2.73 bits per heavy atom. The molecule has 2 N–H and O–H groups in total. The minimum atomic E-state index is -3.40. The topological polar surface area (TPSA) is 106 Å². The van der Waals surface area contributed by atoms with Crippen LogP contribution in [0.1, 0.15) is 18.3 Å². The average Bonchev–Trinajstić information content (AvgIpc) is 3.26. The molecule has 0 aliphatic carbocycles. The molecule has 0 saturated carbocycles. The summed E-state index contributed by atoms with van der Waals surface area (Å²) in [7, 11) is -3.40. The molecule has 8 nitrogen and oxygen atoms in total. The van der Waals surface area contributed by atoms with Crippen molar-refractivity contribution in [1.82, 2.24) is 19.9 Å². The van der Waals surface area contributed by atoms with Gasteiger partial charge in [-0.2, -0.15) is 0 Å². The molecule has 0 aliphatic rings. The van der Waals surface area contributed by atoms with Crippen molar-refractivity contribution in [2.24, 2.45) is 0 Å². The van der Waals surface area contributed by atoms with Crippen molar-refractivity contribution < 1.29 is 13.2 Å². The molecule has 30 heavy (non-hydrogen) atoms. The third-order valence-electron chi connectivity index (χ3n) is 4.33. The Morgan fingerprint density at radius 2 is 2.10 bits per heavy atom. The largest absolute Gasteiger partial charge is 0.337 e. The Morgan fingerprint density at radius 1 is 1.33 bits per heavy atom. The van der Waals surface area contributed by atoms with Crippen molar-refractivity contribution in [3.63, 3.8) is 0 Å². The summed E-state index contributed by atoms with van der Waals surface area (Å²) < 4.78 is 25.4. The summed E-state index contributed by atoms with van der Waals surface area (Å²) >= 11 is 7.44. The van der Waals surface area contributed by atoms with Gasteiger partial charge in [-0.3, -0.25) is 5.32 Å². The molecule has 3 rings (SSSR count). The first-order valence-corrected chi connectivity index (χ1v) is 12.3. The molecule has 2 heterocycles. The van der Waals surface area contributed by atoms with Crippen LogP contribution in [0.2, 0.25) is 5.02 Å². The number of anilines is 1. The van der Waals surface area contributed by atoms with E-state index in [4.69, 9.17) is 11.6 Å². The number of hydrogen-bond donors (Lipinski definition) is 2. The number of carbonyl (C=O) groups excluding carboxylic acids is 1. The van der Waals surface area contributed by atoms with Gasteiger partial charge in [-0.1, -0.05) is 29.0 Å². The summed E-state index contributed by atoms with van der Waals surface area (Å²) in [5.74, 6) is 0. The number of urea groups is 1. The zero-order valence-electron chi connectivity index (χ0n) is 16.8. The van der Waals surface area contributed by atoms with E-state index >= 15 is 0 Å². The number of nitrogens with one attached hydrogen (secondary N) is 2. The van der Waals surface area contributed by atoms with Crippen LogP contribution < -0.4 is 10.6 Å². The molecular formula is C19H22ClN5O3S2. The Hall–Kier alpha value is -2.43. The number of benzene rings is 1. The van der Waals surface area contributed by atoms with Crippen LogP contribution in [0.5, 0.6) is 0 Å². The molecule has 0 aliphatic heterocycles. The standard InChI is InChI=1S/C19H22ClN5O3S2/c1-4-25-10-14(22-11-25)7-8-21-18(26)24-19-23-12(2)17(29-19)13-5-6-16(15(20)9-13)30(3,27)28/h5-6,9-11H,4,7-8H2,1-3H3,(H2,21,23,24,26). The van der Waals surface area contributed by atoms with Gasteiger partial charge in [0, 0.05) is 32.0 Å². The van der Waals surface area contributed by atoms with Gasteiger partial charge in [-0.05, 0) is 31.5 Å². The average molecular weight is 468 g/mol. The van der Waals surface area contributed by atoms with E-state index in [1.54, 1.807) is 18.5 Å². The molecule has 3 aromatic rings. The van der Waals surface area contributed by atoms with Gasteiger partial charge in [0.05, 0.1) is 32.5 Å². The second kappa shape index (κ2) is 9.15. The normalized spacial score (nSPS) is 11.5. The van der Waals surface area contributed by atoms with Crippen molar-refractivity contribution in [3.05, 3.63) is 47.1 Å². The summed E-state index contributed by atoms with van der Waals surface area (Å²) in [5, 5.41) is 6.11. The van der Waals surface area contributed by atoms with Crippen LogP contribution in [0.3, 0.4) is 0 Å². The molecule has 0 saturated heterocycles. The number of aromatic nitrogens is 3. The zero-order valence-corrected chi connectivity index (χ0v) is 19.2. The maximum atomic E-state index is 12.2. The van der Waals surface area contributed by atoms with Gasteiger partial charge in [0.25, 0.3) is 0 Å². The second-order valence-electron chi connectivity index (χ2n) is 6.68. The molecule has 11 heteroatoms. The molecule has 0 atom stereocenters. The molecule has 0 fully saturated rings. The highest BCUT2D eigenvalue weighted by molar-refractivity contribution is 7.90. The van der Waals surface area contributed by atoms with Gasteiger partial charge in [-0.15, -0.1) is 0 Å². The highest BCUT2D eigenvalue weighted by Gasteiger charge is 2.16. The number of imidazole rings is 1. The highest BCUT2D eigenvalue weighted by atomic mass is 35.5. The number of halogens is 1. The van der Waals surface area contributed by atoms with Crippen LogP contribution in [-0.4, -0.2) is 41.8 Å². The Kier molecular flexibility index (Phi) is 6.79. The van der Waals surface area contributed by atoms with E-state index in [-0.39, 0.29) is 15.9 Å². The second-order valence-corrected chi connectivity index (χ2v) is 10.1. The third-order valence-corrected chi connectivity index (χ3v) is 7.03. The number of aryl methyl sites for hydroxylation is 2. The molecule has 2 aromatic heterocycles. The lowest BCUT2D eigenvalue weighted by atomic mass is 10.2. The quantitative estimate of drug-likeness (QED) is 0.550. The summed E-state index contributed by atoms with van der Waals surface area (Å²) in [5.41, 5.74) is 2.37. The maximum Gasteiger partial charge on any atom is 0.321 e. The monoisotopic (exact) mass is 467 g/mol. The fraction of sp³-hybridized carbons (Fsp3) is 0.316. The van der Waals surface area contributed by atoms with E-state index in [1.165, 1.54) is 17.4 Å². The zero-order chi connectivity index (χ0) is 21.9. The SMILES string of the molecule is CCn1cnc(CCNC(=O)Nc2nc(C)c(-c3ccc(S(C)(=O)=O)c(Cl)c3)s2)c1. The molecule has 0 bridgehead atoms. The highest BCUT2D eigenvalue weighted by Crippen LogP contribution is 2.35. The van der Waals surface area contributed by atoms with E-state index in [0.29, 0.717) is 23.8 Å². The van der Waals surface area contributed by atoms with Crippen LogP contribution in [0.4, 0.5) is 9.93 Å². The number of nitrogens with zero attached hydrogens (tertiary/aromatic N) is 3. The number of amides is 2. The smallest absolute Gasteiger partial charge is 0.321 e. The van der Waals surface area contributed by atoms with Crippen LogP contribution in [0.25, 0.3) is 10.4 Å². The van der Waals surface area contributed by atoms with Gasteiger partial charge in [0.1, 0.15) is 0 Å². The van der Waals surface area contributed by atoms with Crippen molar-refractivity contribution >= 4 is 43.9 Å². The number of thiazole rings is 1. The number of sulfone groups is 1.